The molecule has 0 amide bonds. The summed E-state index contributed by atoms with van der Waals surface area (Å²) in [6, 6.07) is 0. The average molecular weight is 163 g/mol. The van der Waals surface area contributed by atoms with Crippen LogP contribution in [0.15, 0.2) is 0 Å². The van der Waals surface area contributed by atoms with Gasteiger partial charge in [0.25, 0.3) is 0 Å². The van der Waals surface area contributed by atoms with Crippen LogP contribution < -0.4 is 5.32 Å². The Hall–Kier alpha value is -0.160. The van der Waals surface area contributed by atoms with Crippen LogP contribution in [0.3, 0.4) is 0 Å². The maximum atomic E-state index is 9.49. The molecular formula is C7H17NO3. The van der Waals surface area contributed by atoms with E-state index in [1.807, 2.05) is 13.8 Å². The molecule has 0 saturated heterocycles. The molecule has 0 aromatic heterocycles. The lowest BCUT2D eigenvalue weighted by atomic mass is 10.5. The number of ether oxygens (including phenoxy) is 2. The van der Waals surface area contributed by atoms with Crippen LogP contribution in [0, 0.1) is 0 Å². The van der Waals surface area contributed by atoms with Gasteiger partial charge in [0.1, 0.15) is 6.61 Å². The molecule has 4 nitrogen and oxygen atoms in total. The largest absolute Gasteiger partial charge is 0.375 e. The van der Waals surface area contributed by atoms with Gasteiger partial charge in [0.15, 0.2) is 0 Å². The number of hydrogen-bond donors (Lipinski definition) is 2. The van der Waals surface area contributed by atoms with Crippen molar-refractivity contribution in [1.82, 2.24) is 5.32 Å². The molecule has 0 aromatic carbocycles. The van der Waals surface area contributed by atoms with Crippen molar-refractivity contribution < 1.29 is 14.6 Å². The highest BCUT2D eigenvalue weighted by atomic mass is 16.7. The fourth-order valence-corrected chi connectivity index (χ4v) is 0.665. The monoisotopic (exact) mass is 163 g/mol. The van der Waals surface area contributed by atoms with Crippen LogP contribution >= 0.6 is 0 Å². The third-order valence-corrected chi connectivity index (χ3v) is 1.28. The summed E-state index contributed by atoms with van der Waals surface area (Å²) in [5.41, 5.74) is 0. The molecule has 0 bridgehead atoms. The van der Waals surface area contributed by atoms with Gasteiger partial charge in [-0.05, 0) is 20.9 Å². The van der Waals surface area contributed by atoms with E-state index in [-0.39, 0.29) is 6.61 Å². The van der Waals surface area contributed by atoms with Gasteiger partial charge in [-0.3, -0.25) is 5.32 Å². The minimum Gasteiger partial charge on any atom is -0.375 e. The fraction of sp³-hybridized carbons (Fsp3) is 1.00. The van der Waals surface area contributed by atoms with E-state index in [0.717, 1.165) is 0 Å². The van der Waals surface area contributed by atoms with Crippen LogP contribution in [0.2, 0.25) is 0 Å². The number of likely N-dealkylation sites (N-methyl/N-ethyl adjacent to an activating group) is 1. The van der Waals surface area contributed by atoms with Gasteiger partial charge in [-0.15, -0.1) is 0 Å². The zero-order valence-corrected chi connectivity index (χ0v) is 7.39. The molecule has 0 aromatic rings. The van der Waals surface area contributed by atoms with Crippen molar-refractivity contribution in [2.45, 2.75) is 19.8 Å². The predicted octanol–water partition coefficient (Wildman–Crippen LogP) is -0.0751. The molecule has 0 spiro atoms. The van der Waals surface area contributed by atoms with E-state index in [4.69, 9.17) is 9.47 Å². The van der Waals surface area contributed by atoms with Gasteiger partial charge in [0, 0.05) is 13.2 Å². The van der Waals surface area contributed by atoms with Crippen molar-refractivity contribution >= 4 is 0 Å². The maximum Gasteiger partial charge on any atom is 0.249 e. The third kappa shape index (κ3) is 4.31. The summed E-state index contributed by atoms with van der Waals surface area (Å²) in [5.74, 6) is -1.33. The van der Waals surface area contributed by atoms with E-state index in [9.17, 15) is 5.11 Å². The van der Waals surface area contributed by atoms with Gasteiger partial charge >= 0.3 is 0 Å². The molecule has 0 aliphatic carbocycles. The zero-order chi connectivity index (χ0) is 8.74. The molecule has 2 N–H and O–H groups in total. The standard InChI is InChI=1S/C7H17NO3/c1-4-10-6-7(9,8-3)11-5-2/h8-9H,4-6H2,1-3H3. The van der Waals surface area contributed by atoms with Gasteiger partial charge in [-0.1, -0.05) is 0 Å². The lowest BCUT2D eigenvalue weighted by Gasteiger charge is -2.26. The van der Waals surface area contributed by atoms with Crippen LogP contribution in [-0.2, 0) is 9.47 Å². The van der Waals surface area contributed by atoms with E-state index < -0.39 is 5.91 Å². The lowest BCUT2D eigenvalue weighted by molar-refractivity contribution is -0.245. The van der Waals surface area contributed by atoms with Crippen molar-refractivity contribution in [2.75, 3.05) is 26.9 Å². The topological polar surface area (TPSA) is 50.7 Å². The third-order valence-electron chi connectivity index (χ3n) is 1.28. The molecule has 0 fully saturated rings. The van der Waals surface area contributed by atoms with Gasteiger partial charge < -0.3 is 14.6 Å². The minimum absolute atomic E-state index is 0.147. The van der Waals surface area contributed by atoms with E-state index in [1.165, 1.54) is 0 Å². The van der Waals surface area contributed by atoms with Crippen LogP contribution in [0.25, 0.3) is 0 Å². The Morgan fingerprint density at radius 3 is 2.36 bits per heavy atom. The summed E-state index contributed by atoms with van der Waals surface area (Å²) in [7, 11) is 1.62. The maximum absolute atomic E-state index is 9.49. The van der Waals surface area contributed by atoms with Crippen LogP contribution in [0.4, 0.5) is 0 Å². The van der Waals surface area contributed by atoms with E-state index in [2.05, 4.69) is 5.32 Å². The molecule has 0 aliphatic heterocycles. The van der Waals surface area contributed by atoms with Crippen molar-refractivity contribution in [3.8, 4) is 0 Å². The number of aliphatic hydroxyl groups is 1. The van der Waals surface area contributed by atoms with Crippen LogP contribution in [-0.4, -0.2) is 37.9 Å². The molecule has 0 heterocycles. The highest BCUT2D eigenvalue weighted by Crippen LogP contribution is 2.01. The summed E-state index contributed by atoms with van der Waals surface area (Å²) in [5, 5.41) is 12.1. The number of hydrogen-bond acceptors (Lipinski definition) is 4. The van der Waals surface area contributed by atoms with Gasteiger partial charge in [0.2, 0.25) is 5.91 Å². The second kappa shape index (κ2) is 5.49. The molecule has 4 heteroatoms. The van der Waals surface area contributed by atoms with Crippen molar-refractivity contribution in [2.24, 2.45) is 0 Å². The van der Waals surface area contributed by atoms with Gasteiger partial charge in [-0.25, -0.2) is 0 Å². The average Bonchev–Trinajstić information content (AvgIpc) is 2.02. The molecule has 0 saturated carbocycles. The first-order valence-corrected chi connectivity index (χ1v) is 3.81. The molecule has 0 rings (SSSR count). The second-order valence-electron chi connectivity index (χ2n) is 2.10. The Labute approximate surface area is 67.5 Å². The van der Waals surface area contributed by atoms with Gasteiger partial charge in [0.05, 0.1) is 0 Å². The number of nitrogens with one attached hydrogen (secondary N) is 1. The smallest absolute Gasteiger partial charge is 0.249 e. The van der Waals surface area contributed by atoms with Crippen molar-refractivity contribution in [1.29, 1.82) is 0 Å². The highest BCUT2D eigenvalue weighted by molar-refractivity contribution is 4.59. The Morgan fingerprint density at radius 2 is 2.00 bits per heavy atom. The Bertz CT molecular complexity index is 99.7. The summed E-state index contributed by atoms with van der Waals surface area (Å²) in [6.45, 7) is 4.84. The lowest BCUT2D eigenvalue weighted by Crippen LogP contribution is -2.49. The first-order valence-electron chi connectivity index (χ1n) is 3.81. The van der Waals surface area contributed by atoms with Crippen molar-refractivity contribution in [3.05, 3.63) is 0 Å². The molecule has 0 radical (unpaired) electrons. The Morgan fingerprint density at radius 1 is 1.36 bits per heavy atom. The SMILES string of the molecule is CCOCC(O)(NC)OCC. The molecule has 1 unspecified atom stereocenters. The molecular weight excluding hydrogens is 146 g/mol. The quantitative estimate of drug-likeness (QED) is 0.538. The predicted molar refractivity (Wildman–Crippen MR) is 42.1 cm³/mol. The molecule has 1 atom stereocenters. The van der Waals surface area contributed by atoms with Crippen LogP contribution in [0.5, 0.6) is 0 Å². The normalized spacial score (nSPS) is 16.4. The summed E-state index contributed by atoms with van der Waals surface area (Å²) in [4.78, 5) is 0. The number of rotatable bonds is 6. The molecule has 68 valence electrons. The van der Waals surface area contributed by atoms with Crippen molar-refractivity contribution in [3.63, 3.8) is 0 Å². The summed E-state index contributed by atoms with van der Waals surface area (Å²) in [6.07, 6.45) is 0. The summed E-state index contributed by atoms with van der Waals surface area (Å²) < 4.78 is 10.0. The second-order valence-corrected chi connectivity index (χ2v) is 2.10. The molecule has 11 heavy (non-hydrogen) atoms. The highest BCUT2D eigenvalue weighted by Gasteiger charge is 2.24. The first-order chi connectivity index (χ1) is 5.18. The molecule has 0 aliphatic rings. The first kappa shape index (κ1) is 10.8. The fourth-order valence-electron chi connectivity index (χ4n) is 0.665. The zero-order valence-electron chi connectivity index (χ0n) is 7.39. The summed E-state index contributed by atoms with van der Waals surface area (Å²) >= 11 is 0. The minimum atomic E-state index is -1.33. The Balaban J connectivity index is 3.68. The van der Waals surface area contributed by atoms with E-state index in [1.54, 1.807) is 7.05 Å². The van der Waals surface area contributed by atoms with Gasteiger partial charge in [-0.2, -0.15) is 0 Å². The van der Waals surface area contributed by atoms with Crippen LogP contribution in [0.1, 0.15) is 13.8 Å². The Kier molecular flexibility index (Phi) is 5.41. The van der Waals surface area contributed by atoms with E-state index >= 15 is 0 Å². The van der Waals surface area contributed by atoms with E-state index in [0.29, 0.717) is 13.2 Å².